The van der Waals surface area contributed by atoms with Crippen LogP contribution in [0.5, 0.6) is 0 Å². The lowest BCUT2D eigenvalue weighted by atomic mass is 10.3. The van der Waals surface area contributed by atoms with E-state index in [-0.39, 0.29) is 0 Å². The van der Waals surface area contributed by atoms with Gasteiger partial charge >= 0.3 is 0 Å². The van der Waals surface area contributed by atoms with Gasteiger partial charge in [-0.3, -0.25) is 0 Å². The molecular formula is C11H10N2S. The van der Waals surface area contributed by atoms with Gasteiger partial charge < -0.3 is 9.88 Å². The molecule has 0 spiro atoms. The molecule has 1 N–H and O–H groups in total. The Morgan fingerprint density at radius 3 is 2.64 bits per heavy atom. The van der Waals surface area contributed by atoms with Crippen molar-refractivity contribution >= 4 is 17.4 Å². The minimum absolute atomic E-state index is 0.308. The number of thioether (sulfide) groups is 1. The molecule has 0 fully saturated rings. The highest BCUT2D eigenvalue weighted by atomic mass is 32.2. The summed E-state index contributed by atoms with van der Waals surface area (Å²) in [6.45, 7) is 0. The van der Waals surface area contributed by atoms with E-state index in [0.29, 0.717) is 5.50 Å². The SMILES string of the molecule is c1ccc2c(c1)NC(n1cccc1)S2. The maximum Gasteiger partial charge on any atom is 0.156 e. The van der Waals surface area contributed by atoms with Gasteiger partial charge in [0.05, 0.1) is 5.69 Å². The quantitative estimate of drug-likeness (QED) is 0.765. The molecule has 0 saturated carbocycles. The summed E-state index contributed by atoms with van der Waals surface area (Å²) in [5, 5.41) is 3.46. The highest BCUT2D eigenvalue weighted by molar-refractivity contribution is 8.00. The van der Waals surface area contributed by atoms with E-state index in [1.54, 1.807) is 0 Å². The summed E-state index contributed by atoms with van der Waals surface area (Å²) in [5.74, 6) is 0. The number of anilines is 1. The van der Waals surface area contributed by atoms with Gasteiger partial charge in [0, 0.05) is 17.3 Å². The lowest BCUT2D eigenvalue weighted by Gasteiger charge is -2.11. The summed E-state index contributed by atoms with van der Waals surface area (Å²) in [7, 11) is 0. The first-order valence-corrected chi connectivity index (χ1v) is 5.46. The number of para-hydroxylation sites is 1. The maximum atomic E-state index is 3.46. The molecule has 0 bridgehead atoms. The Hall–Kier alpha value is -1.35. The summed E-state index contributed by atoms with van der Waals surface area (Å²) < 4.78 is 2.17. The van der Waals surface area contributed by atoms with Crippen molar-refractivity contribution in [2.75, 3.05) is 5.32 Å². The lowest BCUT2D eigenvalue weighted by Crippen LogP contribution is -2.07. The molecule has 70 valence electrons. The molecule has 0 radical (unpaired) electrons. The van der Waals surface area contributed by atoms with E-state index in [1.165, 1.54) is 10.6 Å². The van der Waals surface area contributed by atoms with Crippen LogP contribution in [0.1, 0.15) is 5.50 Å². The fraction of sp³-hybridized carbons (Fsp3) is 0.0909. The van der Waals surface area contributed by atoms with E-state index >= 15 is 0 Å². The fourth-order valence-corrected chi connectivity index (χ4v) is 2.71. The van der Waals surface area contributed by atoms with E-state index in [2.05, 4.69) is 46.5 Å². The number of nitrogens with one attached hydrogen (secondary N) is 1. The van der Waals surface area contributed by atoms with E-state index < -0.39 is 0 Å². The van der Waals surface area contributed by atoms with Gasteiger partial charge in [0.2, 0.25) is 0 Å². The normalized spacial score (nSPS) is 19.0. The average molecular weight is 202 g/mol. The van der Waals surface area contributed by atoms with Gasteiger partial charge in [-0.25, -0.2) is 0 Å². The van der Waals surface area contributed by atoms with E-state index in [9.17, 15) is 0 Å². The first kappa shape index (κ1) is 8.00. The Morgan fingerprint density at radius 2 is 1.86 bits per heavy atom. The van der Waals surface area contributed by atoms with E-state index in [1.807, 2.05) is 23.9 Å². The summed E-state index contributed by atoms with van der Waals surface area (Å²) in [5.41, 5.74) is 1.54. The molecule has 1 aromatic carbocycles. The topological polar surface area (TPSA) is 17.0 Å². The van der Waals surface area contributed by atoms with Crippen LogP contribution in [-0.4, -0.2) is 4.57 Å². The Bertz CT molecular complexity index is 411. The van der Waals surface area contributed by atoms with Crippen LogP contribution in [0.4, 0.5) is 5.69 Å². The number of aromatic nitrogens is 1. The second-order valence-corrected chi connectivity index (χ2v) is 4.36. The van der Waals surface area contributed by atoms with Crippen LogP contribution in [0.2, 0.25) is 0 Å². The summed E-state index contributed by atoms with van der Waals surface area (Å²) in [6, 6.07) is 12.5. The molecule has 1 aliphatic heterocycles. The summed E-state index contributed by atoms with van der Waals surface area (Å²) >= 11 is 1.85. The minimum atomic E-state index is 0.308. The number of hydrogen-bond acceptors (Lipinski definition) is 2. The van der Waals surface area contributed by atoms with Gasteiger partial charge in [0.15, 0.2) is 5.50 Å². The van der Waals surface area contributed by atoms with Crippen LogP contribution in [0.3, 0.4) is 0 Å². The third-order valence-electron chi connectivity index (χ3n) is 2.30. The standard InChI is InChI=1S/C11H10N2S/c1-2-6-10-9(5-1)12-11(14-10)13-7-3-4-8-13/h1-8,11-12H. The zero-order valence-electron chi connectivity index (χ0n) is 7.55. The Morgan fingerprint density at radius 1 is 1.07 bits per heavy atom. The van der Waals surface area contributed by atoms with Crippen molar-refractivity contribution in [3.63, 3.8) is 0 Å². The highest BCUT2D eigenvalue weighted by Crippen LogP contribution is 2.43. The van der Waals surface area contributed by atoms with E-state index in [0.717, 1.165) is 0 Å². The number of nitrogens with zero attached hydrogens (tertiary/aromatic N) is 1. The van der Waals surface area contributed by atoms with Gasteiger partial charge in [-0.15, -0.1) is 0 Å². The molecule has 1 unspecified atom stereocenters. The Labute approximate surface area is 86.9 Å². The number of rotatable bonds is 1. The molecule has 0 aliphatic carbocycles. The van der Waals surface area contributed by atoms with Gasteiger partial charge in [-0.1, -0.05) is 23.9 Å². The highest BCUT2D eigenvalue weighted by Gasteiger charge is 2.20. The monoisotopic (exact) mass is 202 g/mol. The Balaban J connectivity index is 1.92. The van der Waals surface area contributed by atoms with Crippen LogP contribution < -0.4 is 5.32 Å². The predicted octanol–water partition coefficient (Wildman–Crippen LogP) is 3.16. The van der Waals surface area contributed by atoms with Gasteiger partial charge in [-0.05, 0) is 24.3 Å². The summed E-state index contributed by atoms with van der Waals surface area (Å²) in [4.78, 5) is 1.33. The first-order valence-electron chi connectivity index (χ1n) is 4.58. The van der Waals surface area contributed by atoms with Crippen LogP contribution in [0, 0.1) is 0 Å². The van der Waals surface area contributed by atoms with Crippen molar-refractivity contribution in [1.29, 1.82) is 0 Å². The third-order valence-corrected chi connectivity index (χ3v) is 3.50. The van der Waals surface area contributed by atoms with Crippen LogP contribution in [-0.2, 0) is 0 Å². The molecule has 3 rings (SSSR count). The van der Waals surface area contributed by atoms with Crippen LogP contribution in [0.25, 0.3) is 0 Å². The zero-order valence-corrected chi connectivity index (χ0v) is 8.37. The minimum Gasteiger partial charge on any atom is -0.355 e. The van der Waals surface area contributed by atoms with Crippen LogP contribution >= 0.6 is 11.8 Å². The molecule has 1 aromatic heterocycles. The molecule has 14 heavy (non-hydrogen) atoms. The summed E-state index contributed by atoms with van der Waals surface area (Å²) in [6.07, 6.45) is 4.16. The molecule has 2 aromatic rings. The van der Waals surface area contributed by atoms with Crippen molar-refractivity contribution in [2.24, 2.45) is 0 Å². The Kier molecular flexibility index (Phi) is 1.77. The van der Waals surface area contributed by atoms with Crippen molar-refractivity contribution in [1.82, 2.24) is 4.57 Å². The van der Waals surface area contributed by atoms with E-state index in [4.69, 9.17) is 0 Å². The average Bonchev–Trinajstić information content (AvgIpc) is 2.86. The maximum absolute atomic E-state index is 3.46. The fourth-order valence-electron chi connectivity index (χ4n) is 1.61. The zero-order chi connectivity index (χ0) is 9.38. The van der Waals surface area contributed by atoms with Crippen molar-refractivity contribution in [3.8, 4) is 0 Å². The lowest BCUT2D eigenvalue weighted by molar-refractivity contribution is 0.768. The van der Waals surface area contributed by atoms with Gasteiger partial charge in [0.1, 0.15) is 0 Å². The van der Waals surface area contributed by atoms with Crippen LogP contribution in [0.15, 0.2) is 53.7 Å². The molecular weight excluding hydrogens is 192 g/mol. The van der Waals surface area contributed by atoms with Gasteiger partial charge in [0.25, 0.3) is 0 Å². The predicted molar refractivity (Wildman–Crippen MR) is 59.4 cm³/mol. The third kappa shape index (κ3) is 1.21. The molecule has 2 heterocycles. The van der Waals surface area contributed by atoms with Gasteiger partial charge in [-0.2, -0.15) is 0 Å². The molecule has 0 amide bonds. The number of fused-ring (bicyclic) bond motifs is 1. The largest absolute Gasteiger partial charge is 0.355 e. The van der Waals surface area contributed by atoms with Crippen molar-refractivity contribution < 1.29 is 0 Å². The molecule has 1 aliphatic rings. The number of benzene rings is 1. The smallest absolute Gasteiger partial charge is 0.156 e. The second-order valence-electron chi connectivity index (χ2n) is 3.24. The van der Waals surface area contributed by atoms with Crippen molar-refractivity contribution in [2.45, 2.75) is 10.4 Å². The number of hydrogen-bond donors (Lipinski definition) is 1. The molecule has 0 saturated heterocycles. The molecule has 1 atom stereocenters. The molecule has 2 nitrogen and oxygen atoms in total. The molecule has 3 heteroatoms. The first-order chi connectivity index (χ1) is 6.93. The second kappa shape index (κ2) is 3.10. The van der Waals surface area contributed by atoms with Crippen molar-refractivity contribution in [3.05, 3.63) is 48.8 Å².